The van der Waals surface area contributed by atoms with Gasteiger partial charge in [0.2, 0.25) is 5.91 Å². The lowest BCUT2D eigenvalue weighted by Gasteiger charge is -2.19. The van der Waals surface area contributed by atoms with Crippen LogP contribution in [0.5, 0.6) is 5.75 Å². The van der Waals surface area contributed by atoms with E-state index in [2.05, 4.69) is 21.2 Å². The Morgan fingerprint density at radius 2 is 1.95 bits per heavy atom. The number of amides is 1. The number of carbonyl (C=O) groups is 1. The number of halogens is 1. The molecule has 0 spiro atoms. The predicted molar refractivity (Wildman–Crippen MR) is 81.9 cm³/mol. The SMILES string of the molecule is COc1ccccc1CC(C)NC(=O)C(Br)C(C)C. The molecule has 19 heavy (non-hydrogen) atoms. The number of hydrogen-bond donors (Lipinski definition) is 1. The van der Waals surface area contributed by atoms with Crippen LogP contribution in [0.1, 0.15) is 26.3 Å². The first-order valence-electron chi connectivity index (χ1n) is 6.52. The van der Waals surface area contributed by atoms with Crippen LogP contribution in [0.3, 0.4) is 0 Å². The van der Waals surface area contributed by atoms with Crippen molar-refractivity contribution in [2.45, 2.75) is 38.1 Å². The second-order valence-corrected chi connectivity index (χ2v) is 6.06. The van der Waals surface area contributed by atoms with Crippen molar-refractivity contribution in [2.75, 3.05) is 7.11 Å². The number of alkyl halides is 1. The molecule has 0 radical (unpaired) electrons. The number of rotatable bonds is 6. The summed E-state index contributed by atoms with van der Waals surface area (Å²) in [7, 11) is 1.66. The van der Waals surface area contributed by atoms with Crippen molar-refractivity contribution in [2.24, 2.45) is 5.92 Å². The first-order valence-corrected chi connectivity index (χ1v) is 7.43. The fraction of sp³-hybridized carbons (Fsp3) is 0.533. The summed E-state index contributed by atoms with van der Waals surface area (Å²) in [6, 6.07) is 7.95. The minimum absolute atomic E-state index is 0.0393. The number of para-hydroxylation sites is 1. The lowest BCUT2D eigenvalue weighted by molar-refractivity contribution is -0.121. The van der Waals surface area contributed by atoms with Gasteiger partial charge in [0.25, 0.3) is 0 Å². The second kappa shape index (κ2) is 7.53. The predicted octanol–water partition coefficient (Wildman–Crippen LogP) is 3.16. The zero-order valence-corrected chi connectivity index (χ0v) is 13.5. The molecule has 2 unspecified atom stereocenters. The second-order valence-electron chi connectivity index (χ2n) is 5.07. The van der Waals surface area contributed by atoms with Crippen molar-refractivity contribution < 1.29 is 9.53 Å². The molecule has 0 aliphatic carbocycles. The van der Waals surface area contributed by atoms with E-state index in [1.807, 2.05) is 45.0 Å². The molecule has 0 bridgehead atoms. The van der Waals surface area contributed by atoms with Gasteiger partial charge in [0.05, 0.1) is 11.9 Å². The highest BCUT2D eigenvalue weighted by Gasteiger charge is 2.20. The molecule has 1 rings (SSSR count). The van der Waals surface area contributed by atoms with E-state index in [9.17, 15) is 4.79 Å². The number of methoxy groups -OCH3 is 1. The third-order valence-electron chi connectivity index (χ3n) is 2.94. The monoisotopic (exact) mass is 327 g/mol. The maximum absolute atomic E-state index is 12.0. The molecular weight excluding hydrogens is 306 g/mol. The summed E-state index contributed by atoms with van der Waals surface area (Å²) in [4.78, 5) is 11.8. The van der Waals surface area contributed by atoms with Crippen LogP contribution in [0, 0.1) is 5.92 Å². The molecule has 1 aromatic rings. The average molecular weight is 328 g/mol. The van der Waals surface area contributed by atoms with Gasteiger partial charge >= 0.3 is 0 Å². The highest BCUT2D eigenvalue weighted by molar-refractivity contribution is 9.10. The molecule has 0 heterocycles. The van der Waals surface area contributed by atoms with Crippen LogP contribution in [-0.2, 0) is 11.2 Å². The van der Waals surface area contributed by atoms with Gasteiger partial charge in [-0.2, -0.15) is 0 Å². The minimum Gasteiger partial charge on any atom is -0.496 e. The van der Waals surface area contributed by atoms with Gasteiger partial charge in [-0.15, -0.1) is 0 Å². The van der Waals surface area contributed by atoms with Crippen LogP contribution in [-0.4, -0.2) is 23.9 Å². The summed E-state index contributed by atoms with van der Waals surface area (Å²) in [5, 5.41) is 3.02. The molecule has 2 atom stereocenters. The van der Waals surface area contributed by atoms with Crippen LogP contribution in [0.25, 0.3) is 0 Å². The third kappa shape index (κ3) is 4.86. The summed E-state index contributed by atoms with van der Waals surface area (Å²) in [6.07, 6.45) is 0.758. The third-order valence-corrected chi connectivity index (χ3v) is 4.42. The van der Waals surface area contributed by atoms with Crippen molar-refractivity contribution in [3.8, 4) is 5.75 Å². The Labute approximate surface area is 123 Å². The van der Waals surface area contributed by atoms with Gasteiger partial charge in [-0.05, 0) is 30.9 Å². The van der Waals surface area contributed by atoms with Gasteiger partial charge in [0.15, 0.2) is 0 Å². The highest BCUT2D eigenvalue weighted by atomic mass is 79.9. The van der Waals surface area contributed by atoms with Crippen LogP contribution in [0.4, 0.5) is 0 Å². The number of carbonyl (C=O) groups excluding carboxylic acids is 1. The molecule has 106 valence electrons. The maximum Gasteiger partial charge on any atom is 0.234 e. The van der Waals surface area contributed by atoms with E-state index >= 15 is 0 Å². The Kier molecular flexibility index (Phi) is 6.35. The summed E-state index contributed by atoms with van der Waals surface area (Å²) in [5.41, 5.74) is 1.11. The van der Waals surface area contributed by atoms with Gasteiger partial charge < -0.3 is 10.1 Å². The lowest BCUT2D eigenvalue weighted by Crippen LogP contribution is -2.40. The first-order chi connectivity index (χ1) is 8.95. The topological polar surface area (TPSA) is 38.3 Å². The fourth-order valence-electron chi connectivity index (χ4n) is 1.88. The number of ether oxygens (including phenoxy) is 1. The maximum atomic E-state index is 12.0. The average Bonchev–Trinajstić information content (AvgIpc) is 2.38. The standard InChI is InChI=1S/C15H22BrNO2/c1-10(2)14(16)15(18)17-11(3)9-12-7-5-6-8-13(12)19-4/h5-8,10-11,14H,9H2,1-4H3,(H,17,18). The Balaban J connectivity index is 2.60. The van der Waals surface area contributed by atoms with Crippen molar-refractivity contribution in [1.29, 1.82) is 0 Å². The van der Waals surface area contributed by atoms with Gasteiger partial charge in [-0.25, -0.2) is 0 Å². The molecule has 0 saturated carbocycles. The Morgan fingerprint density at radius 3 is 2.53 bits per heavy atom. The van der Waals surface area contributed by atoms with Crippen LogP contribution < -0.4 is 10.1 Å². The van der Waals surface area contributed by atoms with E-state index in [0.29, 0.717) is 0 Å². The summed E-state index contributed by atoms with van der Waals surface area (Å²) < 4.78 is 5.31. The molecule has 3 nitrogen and oxygen atoms in total. The quantitative estimate of drug-likeness (QED) is 0.815. The molecule has 4 heteroatoms. The molecule has 1 amide bonds. The molecular formula is C15H22BrNO2. The molecule has 0 fully saturated rings. The van der Waals surface area contributed by atoms with Crippen LogP contribution in [0.2, 0.25) is 0 Å². The van der Waals surface area contributed by atoms with E-state index in [4.69, 9.17) is 4.74 Å². The number of nitrogens with one attached hydrogen (secondary N) is 1. The lowest BCUT2D eigenvalue weighted by atomic mass is 10.0. The largest absolute Gasteiger partial charge is 0.496 e. The first kappa shape index (κ1) is 16.0. The molecule has 1 N–H and O–H groups in total. The smallest absolute Gasteiger partial charge is 0.234 e. The van der Waals surface area contributed by atoms with E-state index in [-0.39, 0.29) is 22.7 Å². The Bertz CT molecular complexity index is 420. The zero-order valence-electron chi connectivity index (χ0n) is 11.9. The Hall–Kier alpha value is -1.03. The van der Waals surface area contributed by atoms with E-state index in [0.717, 1.165) is 17.7 Å². The summed E-state index contributed by atoms with van der Waals surface area (Å²) >= 11 is 3.41. The van der Waals surface area contributed by atoms with Gasteiger partial charge in [0.1, 0.15) is 5.75 Å². The van der Waals surface area contributed by atoms with Crippen molar-refractivity contribution in [1.82, 2.24) is 5.32 Å². The number of benzene rings is 1. The minimum atomic E-state index is -0.146. The zero-order chi connectivity index (χ0) is 14.4. The van der Waals surface area contributed by atoms with Crippen molar-refractivity contribution in [3.63, 3.8) is 0 Å². The van der Waals surface area contributed by atoms with Crippen molar-refractivity contribution >= 4 is 21.8 Å². The normalized spacial score (nSPS) is 14.0. The molecule has 1 aromatic carbocycles. The summed E-state index contributed by atoms with van der Waals surface area (Å²) in [6.45, 7) is 6.04. The molecule has 0 aliphatic rings. The van der Waals surface area contributed by atoms with Gasteiger partial charge in [0, 0.05) is 6.04 Å². The van der Waals surface area contributed by atoms with E-state index in [1.165, 1.54) is 0 Å². The van der Waals surface area contributed by atoms with Crippen LogP contribution in [0.15, 0.2) is 24.3 Å². The number of hydrogen-bond acceptors (Lipinski definition) is 2. The van der Waals surface area contributed by atoms with E-state index in [1.54, 1.807) is 7.11 Å². The highest BCUT2D eigenvalue weighted by Crippen LogP contribution is 2.19. The van der Waals surface area contributed by atoms with Gasteiger partial charge in [-0.3, -0.25) is 4.79 Å². The van der Waals surface area contributed by atoms with Crippen LogP contribution >= 0.6 is 15.9 Å². The fourth-order valence-corrected chi connectivity index (χ4v) is 2.01. The van der Waals surface area contributed by atoms with Gasteiger partial charge in [-0.1, -0.05) is 48.0 Å². The molecule has 0 aliphatic heterocycles. The summed E-state index contributed by atoms with van der Waals surface area (Å²) in [5.74, 6) is 1.18. The Morgan fingerprint density at radius 1 is 1.32 bits per heavy atom. The van der Waals surface area contributed by atoms with E-state index < -0.39 is 0 Å². The molecule has 0 aromatic heterocycles. The molecule has 0 saturated heterocycles. The van der Waals surface area contributed by atoms with Crippen molar-refractivity contribution in [3.05, 3.63) is 29.8 Å².